The van der Waals surface area contributed by atoms with E-state index in [0.717, 1.165) is 17.6 Å². The van der Waals surface area contributed by atoms with E-state index in [9.17, 15) is 0 Å². The summed E-state index contributed by atoms with van der Waals surface area (Å²) in [6.45, 7) is 4.46. The lowest BCUT2D eigenvalue weighted by Crippen LogP contribution is -2.02. The average molecular weight is 189 g/mol. The summed E-state index contributed by atoms with van der Waals surface area (Å²) in [6.07, 6.45) is 10.3. The number of hydrogen-bond donors (Lipinski definition) is 1. The molecule has 0 spiro atoms. The standard InChI is InChI=1S/C12H15NO/c1-10-6-3-4-7-11(10)12(13)8-5-9-14-2/h3-5,7-8,13H,1,6,9H2,2H3/b8-5+,13-12?. The quantitative estimate of drug-likeness (QED) is 0.677. The lowest BCUT2D eigenvalue weighted by molar-refractivity contribution is 0.234. The molecule has 1 aliphatic rings. The van der Waals surface area contributed by atoms with Gasteiger partial charge in [-0.1, -0.05) is 30.9 Å². The van der Waals surface area contributed by atoms with Crippen LogP contribution in [0.5, 0.6) is 0 Å². The summed E-state index contributed by atoms with van der Waals surface area (Å²) in [4.78, 5) is 0. The van der Waals surface area contributed by atoms with Gasteiger partial charge in [-0.3, -0.25) is 0 Å². The van der Waals surface area contributed by atoms with E-state index in [2.05, 4.69) is 6.58 Å². The Morgan fingerprint density at radius 3 is 3.14 bits per heavy atom. The van der Waals surface area contributed by atoms with Gasteiger partial charge in [0.15, 0.2) is 0 Å². The molecule has 1 N–H and O–H groups in total. The highest BCUT2D eigenvalue weighted by Gasteiger charge is 2.07. The van der Waals surface area contributed by atoms with Crippen LogP contribution in [0.4, 0.5) is 0 Å². The Morgan fingerprint density at radius 2 is 2.50 bits per heavy atom. The summed E-state index contributed by atoms with van der Waals surface area (Å²) in [6, 6.07) is 0. The Kier molecular flexibility index (Phi) is 4.08. The molecule has 0 saturated heterocycles. The molecule has 0 aromatic heterocycles. The molecule has 0 unspecified atom stereocenters. The highest BCUT2D eigenvalue weighted by atomic mass is 16.5. The maximum absolute atomic E-state index is 7.79. The minimum Gasteiger partial charge on any atom is -0.381 e. The minimum atomic E-state index is 0.497. The van der Waals surface area contributed by atoms with Crippen LogP contribution in [0.3, 0.4) is 0 Å². The maximum atomic E-state index is 7.79. The van der Waals surface area contributed by atoms with Crippen molar-refractivity contribution in [1.82, 2.24) is 0 Å². The summed E-state index contributed by atoms with van der Waals surface area (Å²) in [7, 11) is 1.63. The van der Waals surface area contributed by atoms with Crippen molar-refractivity contribution in [1.29, 1.82) is 5.41 Å². The molecule has 0 aliphatic heterocycles. The van der Waals surface area contributed by atoms with Crippen LogP contribution in [0, 0.1) is 5.41 Å². The second-order valence-electron chi connectivity index (χ2n) is 3.09. The fraction of sp³-hybridized carbons (Fsp3) is 0.250. The van der Waals surface area contributed by atoms with E-state index < -0.39 is 0 Å². The van der Waals surface area contributed by atoms with Gasteiger partial charge < -0.3 is 10.1 Å². The van der Waals surface area contributed by atoms with Crippen LogP contribution in [-0.2, 0) is 4.74 Å². The summed E-state index contributed by atoms with van der Waals surface area (Å²) in [5.74, 6) is 0. The molecule has 2 heteroatoms. The second kappa shape index (κ2) is 5.35. The van der Waals surface area contributed by atoms with Crippen LogP contribution < -0.4 is 0 Å². The molecule has 2 nitrogen and oxygen atoms in total. The maximum Gasteiger partial charge on any atom is 0.0647 e. The van der Waals surface area contributed by atoms with E-state index in [1.165, 1.54) is 0 Å². The fourth-order valence-electron chi connectivity index (χ4n) is 1.23. The third-order valence-electron chi connectivity index (χ3n) is 1.98. The zero-order valence-corrected chi connectivity index (χ0v) is 8.42. The van der Waals surface area contributed by atoms with Gasteiger partial charge in [-0.05, 0) is 18.1 Å². The molecule has 0 aromatic rings. The third kappa shape index (κ3) is 2.82. The SMILES string of the molecule is C=C1CC=CC=C1C(=N)/C=C/COC. The van der Waals surface area contributed by atoms with Crippen LogP contribution in [-0.4, -0.2) is 19.4 Å². The molecular weight excluding hydrogens is 174 g/mol. The fourth-order valence-corrected chi connectivity index (χ4v) is 1.23. The van der Waals surface area contributed by atoms with E-state index in [4.69, 9.17) is 10.1 Å². The topological polar surface area (TPSA) is 33.1 Å². The Morgan fingerprint density at radius 1 is 1.71 bits per heavy atom. The van der Waals surface area contributed by atoms with Crippen molar-refractivity contribution in [2.75, 3.05) is 13.7 Å². The van der Waals surface area contributed by atoms with Gasteiger partial charge in [-0.25, -0.2) is 0 Å². The first-order valence-corrected chi connectivity index (χ1v) is 4.55. The van der Waals surface area contributed by atoms with E-state index in [1.807, 2.05) is 24.3 Å². The molecule has 74 valence electrons. The monoisotopic (exact) mass is 189 g/mol. The van der Waals surface area contributed by atoms with Gasteiger partial charge in [0.05, 0.1) is 12.3 Å². The zero-order chi connectivity index (χ0) is 10.4. The van der Waals surface area contributed by atoms with E-state index >= 15 is 0 Å². The first-order chi connectivity index (χ1) is 6.75. The van der Waals surface area contributed by atoms with Crippen molar-refractivity contribution < 1.29 is 4.74 Å². The van der Waals surface area contributed by atoms with Gasteiger partial charge in [-0.2, -0.15) is 0 Å². The van der Waals surface area contributed by atoms with Crippen molar-refractivity contribution in [3.8, 4) is 0 Å². The largest absolute Gasteiger partial charge is 0.381 e. The lowest BCUT2D eigenvalue weighted by atomic mass is 9.95. The smallest absolute Gasteiger partial charge is 0.0647 e. The number of nitrogens with one attached hydrogen (secondary N) is 1. The predicted octanol–water partition coefficient (Wildman–Crippen LogP) is 2.65. The highest BCUT2D eigenvalue weighted by Crippen LogP contribution is 2.18. The number of hydrogen-bond acceptors (Lipinski definition) is 2. The molecule has 0 bridgehead atoms. The molecule has 0 amide bonds. The first-order valence-electron chi connectivity index (χ1n) is 4.55. The first kappa shape index (κ1) is 10.7. The van der Waals surface area contributed by atoms with Gasteiger partial charge in [-0.15, -0.1) is 0 Å². The van der Waals surface area contributed by atoms with Gasteiger partial charge in [0.25, 0.3) is 0 Å². The van der Waals surface area contributed by atoms with Gasteiger partial charge in [0.2, 0.25) is 0 Å². The third-order valence-corrected chi connectivity index (χ3v) is 1.98. The Hall–Kier alpha value is -1.41. The van der Waals surface area contributed by atoms with E-state index in [0.29, 0.717) is 12.3 Å². The van der Waals surface area contributed by atoms with Crippen LogP contribution in [0.25, 0.3) is 0 Å². The van der Waals surface area contributed by atoms with Crippen molar-refractivity contribution in [2.24, 2.45) is 0 Å². The normalized spacial score (nSPS) is 16.1. The summed E-state index contributed by atoms with van der Waals surface area (Å²) < 4.78 is 4.87. The molecule has 0 aromatic carbocycles. The Bertz CT molecular complexity index is 321. The molecule has 0 atom stereocenters. The molecule has 1 aliphatic carbocycles. The van der Waals surface area contributed by atoms with Crippen molar-refractivity contribution in [3.05, 3.63) is 48.1 Å². The van der Waals surface area contributed by atoms with Crippen molar-refractivity contribution in [3.63, 3.8) is 0 Å². The molecule has 0 fully saturated rings. The molecule has 14 heavy (non-hydrogen) atoms. The van der Waals surface area contributed by atoms with E-state index in [-0.39, 0.29) is 0 Å². The minimum absolute atomic E-state index is 0.497. The van der Waals surface area contributed by atoms with Crippen LogP contribution >= 0.6 is 0 Å². The molecular formula is C12H15NO. The van der Waals surface area contributed by atoms with Gasteiger partial charge >= 0.3 is 0 Å². The summed E-state index contributed by atoms with van der Waals surface area (Å²) in [5.41, 5.74) is 2.41. The molecule has 0 heterocycles. The zero-order valence-electron chi connectivity index (χ0n) is 8.42. The molecule has 1 rings (SSSR count). The lowest BCUT2D eigenvalue weighted by Gasteiger charge is -2.10. The highest BCUT2D eigenvalue weighted by molar-refractivity contribution is 6.09. The number of allylic oxidation sites excluding steroid dienone is 6. The van der Waals surface area contributed by atoms with Crippen LogP contribution in [0.2, 0.25) is 0 Å². The van der Waals surface area contributed by atoms with E-state index in [1.54, 1.807) is 13.2 Å². The van der Waals surface area contributed by atoms with Crippen molar-refractivity contribution >= 4 is 5.71 Å². The summed E-state index contributed by atoms with van der Waals surface area (Å²) >= 11 is 0. The summed E-state index contributed by atoms with van der Waals surface area (Å²) in [5, 5.41) is 7.79. The Labute approximate surface area is 84.8 Å². The number of ether oxygens (including phenoxy) is 1. The molecule has 0 saturated carbocycles. The molecule has 0 radical (unpaired) electrons. The van der Waals surface area contributed by atoms with Gasteiger partial charge in [0.1, 0.15) is 0 Å². The van der Waals surface area contributed by atoms with Gasteiger partial charge in [0, 0.05) is 12.7 Å². The average Bonchev–Trinajstić information content (AvgIpc) is 2.18. The number of methoxy groups -OCH3 is 1. The van der Waals surface area contributed by atoms with Crippen LogP contribution in [0.15, 0.2) is 48.1 Å². The second-order valence-corrected chi connectivity index (χ2v) is 3.09. The number of rotatable bonds is 4. The van der Waals surface area contributed by atoms with Crippen LogP contribution in [0.1, 0.15) is 6.42 Å². The van der Waals surface area contributed by atoms with Crippen molar-refractivity contribution in [2.45, 2.75) is 6.42 Å². The Balaban J connectivity index is 2.64. The predicted molar refractivity (Wildman–Crippen MR) is 59.7 cm³/mol.